The number of methoxy groups -OCH3 is 1. The number of aromatic nitrogens is 1. The van der Waals surface area contributed by atoms with Gasteiger partial charge in [0.1, 0.15) is 17.2 Å². The first-order valence-corrected chi connectivity index (χ1v) is 14.1. The molecule has 2 aromatic carbocycles. The Morgan fingerprint density at radius 1 is 1.09 bits per heavy atom. The number of alkyl halides is 3. The van der Waals surface area contributed by atoms with Crippen molar-refractivity contribution in [2.75, 3.05) is 32.2 Å². The standard InChI is InChI=1S/C32H33F3N4O6/c1-4-43-26-13-23(15-36-17-26)22-11-12-31(37-16-22,44-18-21-5-8-25(41-3)9-6-21)39-29(40)38-24-7-10-28(27(14-24)32(33,34)35)45-30(2)19-42-20-30/h5-17,37H,4,18-20H2,1-3H3,(H2,38,39,40). The topological polar surface area (TPSA) is 112 Å². The van der Waals surface area contributed by atoms with E-state index in [-0.39, 0.29) is 31.3 Å². The number of nitrogens with one attached hydrogen (secondary N) is 3. The van der Waals surface area contributed by atoms with E-state index in [2.05, 4.69) is 20.9 Å². The summed E-state index contributed by atoms with van der Waals surface area (Å²) in [5, 5.41) is 8.25. The van der Waals surface area contributed by atoms with Gasteiger partial charge in [-0.25, -0.2) is 4.79 Å². The summed E-state index contributed by atoms with van der Waals surface area (Å²) in [5.74, 6) is -0.648. The predicted molar refractivity (Wildman–Crippen MR) is 160 cm³/mol. The minimum absolute atomic E-state index is 0.0684. The van der Waals surface area contributed by atoms with Crippen LogP contribution >= 0.6 is 0 Å². The van der Waals surface area contributed by atoms with Crippen molar-refractivity contribution >= 4 is 17.3 Å². The second-order valence-electron chi connectivity index (χ2n) is 10.6. The molecule has 0 aliphatic carbocycles. The molecule has 1 aromatic heterocycles. The van der Waals surface area contributed by atoms with Crippen molar-refractivity contribution in [3.8, 4) is 17.2 Å². The van der Waals surface area contributed by atoms with Crippen molar-refractivity contribution in [3.05, 3.63) is 96.0 Å². The highest BCUT2D eigenvalue weighted by atomic mass is 19.4. The molecule has 1 fully saturated rings. The summed E-state index contributed by atoms with van der Waals surface area (Å²) >= 11 is 0. The molecule has 45 heavy (non-hydrogen) atoms. The average molecular weight is 627 g/mol. The van der Waals surface area contributed by atoms with E-state index in [1.54, 1.807) is 56.9 Å². The first-order valence-electron chi connectivity index (χ1n) is 14.1. The third-order valence-electron chi connectivity index (χ3n) is 6.94. The van der Waals surface area contributed by atoms with Crippen molar-refractivity contribution in [3.63, 3.8) is 0 Å². The van der Waals surface area contributed by atoms with Crippen LogP contribution in [0, 0.1) is 0 Å². The molecule has 2 aliphatic rings. The number of nitrogens with zero attached hydrogens (tertiary/aromatic N) is 1. The number of hydrogen-bond donors (Lipinski definition) is 3. The van der Waals surface area contributed by atoms with Gasteiger partial charge in [-0.05, 0) is 67.5 Å². The van der Waals surface area contributed by atoms with E-state index in [1.165, 1.54) is 12.1 Å². The summed E-state index contributed by atoms with van der Waals surface area (Å²) in [6.45, 7) is 4.44. The second kappa shape index (κ2) is 13.1. The lowest BCUT2D eigenvalue weighted by Crippen LogP contribution is -2.59. The molecule has 2 aliphatic heterocycles. The lowest BCUT2D eigenvalue weighted by atomic mass is 10.0. The van der Waals surface area contributed by atoms with E-state index >= 15 is 0 Å². The number of anilines is 1. The minimum Gasteiger partial charge on any atom is -0.497 e. The van der Waals surface area contributed by atoms with E-state index in [0.29, 0.717) is 18.1 Å². The fraction of sp³-hybridized carbons (Fsp3) is 0.312. The van der Waals surface area contributed by atoms with E-state index in [9.17, 15) is 18.0 Å². The SMILES string of the molecule is CCOc1cncc(C2=CNC(NC(=O)Nc3ccc(OC4(C)COC4)c(C(F)(F)F)c3)(OCc3ccc(OC)cc3)C=C2)c1. The third-order valence-corrected chi connectivity index (χ3v) is 6.94. The van der Waals surface area contributed by atoms with Gasteiger partial charge in [0, 0.05) is 23.6 Å². The Morgan fingerprint density at radius 3 is 2.49 bits per heavy atom. The average Bonchev–Trinajstić information content (AvgIpc) is 3.00. The van der Waals surface area contributed by atoms with Gasteiger partial charge in [0.05, 0.1) is 45.3 Å². The van der Waals surface area contributed by atoms with Gasteiger partial charge in [0.15, 0.2) is 5.60 Å². The Kier molecular flexibility index (Phi) is 9.21. The van der Waals surface area contributed by atoms with Crippen LogP contribution in [0.3, 0.4) is 0 Å². The normalized spacial score (nSPS) is 18.6. The van der Waals surface area contributed by atoms with Crippen LogP contribution in [0.1, 0.15) is 30.5 Å². The Morgan fingerprint density at radius 2 is 1.87 bits per heavy atom. The van der Waals surface area contributed by atoms with Crippen molar-refractivity contribution in [1.29, 1.82) is 0 Å². The van der Waals surface area contributed by atoms with E-state index in [1.807, 2.05) is 25.1 Å². The zero-order valence-electron chi connectivity index (χ0n) is 24.9. The molecule has 5 rings (SSSR count). The molecule has 3 heterocycles. The first kappa shape index (κ1) is 31.7. The number of allylic oxidation sites excluding steroid dienone is 2. The molecule has 3 aromatic rings. The Labute approximate surface area is 258 Å². The number of amides is 2. The summed E-state index contributed by atoms with van der Waals surface area (Å²) in [5.41, 5.74) is 0.290. The number of carbonyl (C=O) groups excluding carboxylic acids is 1. The Hall–Kier alpha value is -4.75. The van der Waals surface area contributed by atoms with Gasteiger partial charge < -0.3 is 34.3 Å². The van der Waals surface area contributed by atoms with Crippen molar-refractivity contribution in [2.45, 2.75) is 38.1 Å². The van der Waals surface area contributed by atoms with Crippen LogP contribution in [0.25, 0.3) is 5.57 Å². The largest absolute Gasteiger partial charge is 0.497 e. The van der Waals surface area contributed by atoms with Crippen LogP contribution in [-0.4, -0.2) is 49.4 Å². The first-order chi connectivity index (χ1) is 21.5. The quantitative estimate of drug-likeness (QED) is 0.227. The molecule has 0 radical (unpaired) electrons. The molecule has 1 unspecified atom stereocenters. The molecule has 10 nitrogen and oxygen atoms in total. The van der Waals surface area contributed by atoms with Crippen molar-refractivity contribution in [2.24, 2.45) is 0 Å². The minimum atomic E-state index is -4.73. The summed E-state index contributed by atoms with van der Waals surface area (Å²) < 4.78 is 69.4. The monoisotopic (exact) mass is 626 g/mol. The number of hydrogen-bond acceptors (Lipinski definition) is 8. The number of halogens is 3. The van der Waals surface area contributed by atoms with E-state index < -0.39 is 29.2 Å². The number of benzene rings is 2. The molecule has 0 saturated carbocycles. The van der Waals surface area contributed by atoms with E-state index in [4.69, 9.17) is 23.7 Å². The van der Waals surface area contributed by atoms with Crippen LogP contribution in [-0.2, 0) is 22.3 Å². The van der Waals surface area contributed by atoms with E-state index in [0.717, 1.165) is 22.8 Å². The number of urea groups is 1. The number of ether oxygens (including phenoxy) is 5. The lowest BCUT2D eigenvalue weighted by molar-refractivity contribution is -0.160. The van der Waals surface area contributed by atoms with Gasteiger partial charge in [0.2, 0.25) is 5.85 Å². The third kappa shape index (κ3) is 7.86. The summed E-state index contributed by atoms with van der Waals surface area (Å²) in [6.07, 6.45) is 3.51. The maximum atomic E-state index is 13.9. The number of carbonyl (C=O) groups is 1. The number of pyridine rings is 1. The highest BCUT2D eigenvalue weighted by Crippen LogP contribution is 2.40. The zero-order chi connectivity index (χ0) is 32.1. The smallest absolute Gasteiger partial charge is 0.420 e. The predicted octanol–water partition coefficient (Wildman–Crippen LogP) is 5.87. The Balaban J connectivity index is 1.34. The molecule has 3 N–H and O–H groups in total. The zero-order valence-corrected chi connectivity index (χ0v) is 24.9. The molecule has 0 bridgehead atoms. The summed E-state index contributed by atoms with van der Waals surface area (Å²) in [4.78, 5) is 17.4. The summed E-state index contributed by atoms with van der Waals surface area (Å²) in [7, 11) is 1.56. The van der Waals surface area contributed by atoms with Gasteiger partial charge in [-0.3, -0.25) is 10.3 Å². The van der Waals surface area contributed by atoms with Crippen molar-refractivity contribution in [1.82, 2.24) is 15.6 Å². The molecule has 0 spiro atoms. The van der Waals surface area contributed by atoms with Gasteiger partial charge in [0.25, 0.3) is 0 Å². The van der Waals surface area contributed by atoms with Gasteiger partial charge >= 0.3 is 12.2 Å². The van der Waals surface area contributed by atoms with Crippen LogP contribution in [0.15, 0.2) is 79.3 Å². The maximum Gasteiger partial charge on any atom is 0.420 e. The molecule has 1 atom stereocenters. The van der Waals surface area contributed by atoms with Crippen LogP contribution in [0.2, 0.25) is 0 Å². The molecule has 238 valence electrons. The molecular weight excluding hydrogens is 593 g/mol. The van der Waals surface area contributed by atoms with Crippen LogP contribution < -0.4 is 30.2 Å². The number of rotatable bonds is 11. The highest BCUT2D eigenvalue weighted by molar-refractivity contribution is 5.90. The molecule has 13 heteroatoms. The molecule has 2 amide bonds. The molecular formula is C32H33F3N4O6. The van der Waals surface area contributed by atoms with Crippen molar-refractivity contribution < 1.29 is 41.7 Å². The fourth-order valence-electron chi connectivity index (χ4n) is 4.58. The molecule has 1 saturated heterocycles. The number of dihydropyridines is 1. The van der Waals surface area contributed by atoms with Gasteiger partial charge in [-0.15, -0.1) is 0 Å². The van der Waals surface area contributed by atoms with Crippen LogP contribution in [0.5, 0.6) is 17.2 Å². The maximum absolute atomic E-state index is 13.9. The highest BCUT2D eigenvalue weighted by Gasteiger charge is 2.41. The fourth-order valence-corrected chi connectivity index (χ4v) is 4.58. The summed E-state index contributed by atoms with van der Waals surface area (Å²) in [6, 6.07) is 11.5. The van der Waals surface area contributed by atoms with Gasteiger partial charge in [-0.2, -0.15) is 13.2 Å². The van der Waals surface area contributed by atoms with Crippen LogP contribution in [0.4, 0.5) is 23.7 Å². The Bertz CT molecular complexity index is 1570. The lowest BCUT2D eigenvalue weighted by Gasteiger charge is -2.38. The second-order valence-corrected chi connectivity index (χ2v) is 10.6. The van der Waals surface area contributed by atoms with Gasteiger partial charge in [-0.1, -0.05) is 18.2 Å².